The third-order valence-corrected chi connectivity index (χ3v) is 26.7. The molecule has 560 valence electrons. The van der Waals surface area contributed by atoms with Crippen LogP contribution < -0.4 is 0 Å². The van der Waals surface area contributed by atoms with Gasteiger partial charge in [-0.2, -0.15) is 0 Å². The number of fused-ring (bicyclic) bond motifs is 12. The summed E-state index contributed by atoms with van der Waals surface area (Å²) in [6.07, 6.45) is 0. The van der Waals surface area contributed by atoms with E-state index in [4.69, 9.17) is 9.97 Å². The van der Waals surface area contributed by atoms with Gasteiger partial charge in [0.25, 0.3) is 0 Å². The van der Waals surface area contributed by atoms with Crippen LogP contribution in [0.1, 0.15) is 11.1 Å². The van der Waals surface area contributed by atoms with Gasteiger partial charge in [0, 0.05) is 11.1 Å². The van der Waals surface area contributed by atoms with Crippen LogP contribution in [-0.4, -0.2) is 9.97 Å². The van der Waals surface area contributed by atoms with Crippen LogP contribution in [0.15, 0.2) is 413 Å². The van der Waals surface area contributed by atoms with Gasteiger partial charge in [-0.05, 0) is 270 Å². The quantitative estimate of drug-likeness (QED) is 0.128. The van der Waals surface area contributed by atoms with Crippen LogP contribution in [0.2, 0.25) is 0 Å². The van der Waals surface area contributed by atoms with Crippen LogP contribution in [0.5, 0.6) is 0 Å². The molecule has 24 aromatic rings. The smallest absolute Gasteiger partial charge is 0.124 e. The van der Waals surface area contributed by atoms with E-state index in [-0.39, 0.29) is 0 Å². The summed E-state index contributed by atoms with van der Waals surface area (Å²) in [5.41, 5.74) is 26.4. The Hall–Kier alpha value is -14.8. The van der Waals surface area contributed by atoms with Crippen LogP contribution in [0.25, 0.3) is 238 Å². The highest BCUT2D eigenvalue weighted by atomic mass is 32.1. The molecule has 0 unspecified atom stereocenters. The zero-order valence-electron chi connectivity index (χ0n) is 66.0. The molecule has 0 bridgehead atoms. The number of hydrogen-bond acceptors (Lipinski definition) is 4. The Bertz CT molecular complexity index is 7560. The zero-order valence-corrected chi connectivity index (χ0v) is 67.6. The van der Waals surface area contributed by atoms with E-state index in [1.54, 1.807) is 22.7 Å². The van der Waals surface area contributed by atoms with Crippen LogP contribution >= 0.6 is 22.7 Å². The fourth-order valence-corrected chi connectivity index (χ4v) is 21.2. The molecule has 0 aliphatic rings. The normalized spacial score (nSPS) is 11.8. The number of aryl methyl sites for hydroxylation is 2. The van der Waals surface area contributed by atoms with Gasteiger partial charge in [0.15, 0.2) is 0 Å². The summed E-state index contributed by atoms with van der Waals surface area (Å²) < 4.78 is 2.43. The molecule has 0 atom stereocenters. The molecular weight excluding hydrogens is 1490 g/mol. The van der Waals surface area contributed by atoms with Gasteiger partial charge in [-0.3, -0.25) is 0 Å². The minimum atomic E-state index is 1.04. The van der Waals surface area contributed by atoms with E-state index >= 15 is 0 Å². The molecule has 0 saturated carbocycles. The van der Waals surface area contributed by atoms with Gasteiger partial charge in [-0.1, -0.05) is 364 Å². The summed E-state index contributed by atoms with van der Waals surface area (Å²) in [6.45, 7) is 4.28. The number of hydrogen-bond donors (Lipinski definition) is 0. The maximum absolute atomic E-state index is 5.06. The zero-order chi connectivity index (χ0) is 79.5. The largest absolute Gasteiger partial charge is 0.236 e. The summed E-state index contributed by atoms with van der Waals surface area (Å²) in [5.74, 6) is 0. The number of benzene rings is 22. The molecule has 0 amide bonds. The fourth-order valence-electron chi connectivity index (χ4n) is 19.1. The van der Waals surface area contributed by atoms with Crippen molar-refractivity contribution in [3.8, 4) is 110 Å². The van der Waals surface area contributed by atoms with Crippen molar-refractivity contribution in [3.05, 3.63) is 424 Å². The predicted molar refractivity (Wildman–Crippen MR) is 518 cm³/mol. The molecule has 22 aromatic carbocycles. The van der Waals surface area contributed by atoms with Crippen molar-refractivity contribution in [2.24, 2.45) is 0 Å². The molecule has 0 saturated heterocycles. The van der Waals surface area contributed by atoms with E-state index < -0.39 is 0 Å². The van der Waals surface area contributed by atoms with Crippen LogP contribution in [0, 0.1) is 13.8 Å². The van der Waals surface area contributed by atoms with Crippen molar-refractivity contribution in [3.63, 3.8) is 0 Å². The van der Waals surface area contributed by atoms with Crippen molar-refractivity contribution in [2.75, 3.05) is 0 Å². The van der Waals surface area contributed by atoms with E-state index in [9.17, 15) is 0 Å². The Morgan fingerprint density at radius 3 is 0.642 bits per heavy atom. The highest BCUT2D eigenvalue weighted by Crippen LogP contribution is 2.57. The van der Waals surface area contributed by atoms with E-state index in [0.29, 0.717) is 0 Å². The van der Waals surface area contributed by atoms with Crippen LogP contribution in [-0.2, 0) is 0 Å². The second kappa shape index (κ2) is 29.1. The Morgan fingerprint density at radius 1 is 0.167 bits per heavy atom. The first-order chi connectivity index (χ1) is 59.3. The van der Waals surface area contributed by atoms with Crippen molar-refractivity contribution in [1.82, 2.24) is 9.97 Å². The third kappa shape index (κ3) is 12.0. The molecule has 24 rings (SSSR count). The first kappa shape index (κ1) is 70.6. The maximum atomic E-state index is 5.06. The molecule has 0 aliphatic carbocycles. The Labute approximate surface area is 703 Å². The molecule has 0 aliphatic heterocycles. The maximum Gasteiger partial charge on any atom is 0.124 e. The second-order valence-corrected chi connectivity index (χ2v) is 33.9. The van der Waals surface area contributed by atoms with Gasteiger partial charge < -0.3 is 0 Å². The highest BCUT2D eigenvalue weighted by Gasteiger charge is 2.30. The lowest BCUT2D eigenvalue weighted by atomic mass is 9.77. The predicted octanol–water partition coefficient (Wildman–Crippen LogP) is 33.4. The second-order valence-electron chi connectivity index (χ2n) is 31.8. The van der Waals surface area contributed by atoms with Gasteiger partial charge in [-0.15, -0.1) is 22.7 Å². The third-order valence-electron chi connectivity index (χ3n) is 24.6. The van der Waals surface area contributed by atoms with E-state index in [2.05, 4.69) is 426 Å². The number of nitrogens with zero attached hydrogens (tertiary/aromatic N) is 2. The molecule has 2 heterocycles. The summed E-state index contributed by atoms with van der Waals surface area (Å²) in [5, 5.41) is 26.9. The standard InChI is InChI=1S/C58H38N2S2.C58H36/c1-35-21-31-47-49(33-35)61-57(59-47)41-27-23-39(24-28-41)53-45-19-11-12-20-46(45)54(40-25-29-42(30-26-40)58-60-48-32-22-36(2)34-50(48)62-58)56-52(38-15-7-4-8-16-38)44-18-10-9-17-43(44)51(55(53)56)37-13-5-3-6-14-37;1-5-17-41-33-45(29-25-37(41)13-1)53-49-21-9-10-22-50(49)55(47-31-27-39-15-3-7-19-43(39)35-47)58-56(48-32-28-40-16-4-8-20-44(40)36-48)52-24-12-11-23-51(52)54(57(53)58)46-30-26-38-14-2-6-18-42(38)34-46/h3-34H,1-2H3;1-36H. The molecular formula is C116H74N2S2. The molecule has 0 fully saturated rings. The molecule has 4 heteroatoms. The Balaban J connectivity index is 0.000000140. The van der Waals surface area contributed by atoms with Gasteiger partial charge in [0.1, 0.15) is 10.0 Å². The van der Waals surface area contributed by atoms with Crippen LogP contribution in [0.4, 0.5) is 0 Å². The average molecular weight is 1560 g/mol. The van der Waals surface area contributed by atoms with Gasteiger partial charge in [-0.25, -0.2) is 9.97 Å². The first-order valence-electron chi connectivity index (χ1n) is 41.2. The minimum Gasteiger partial charge on any atom is -0.236 e. The lowest BCUT2D eigenvalue weighted by molar-refractivity contribution is 1.45. The molecule has 2 nitrogen and oxygen atoms in total. The minimum absolute atomic E-state index is 1.04. The molecule has 0 N–H and O–H groups in total. The average Bonchev–Trinajstić information content (AvgIpc) is 1.15. The van der Waals surface area contributed by atoms with Crippen molar-refractivity contribution in [2.45, 2.75) is 13.8 Å². The fraction of sp³-hybridized carbons (Fsp3) is 0.0172. The Kier molecular flexibility index (Phi) is 17.1. The topological polar surface area (TPSA) is 25.8 Å². The van der Waals surface area contributed by atoms with E-state index in [1.807, 2.05) is 0 Å². The summed E-state index contributed by atoms with van der Waals surface area (Å²) in [4.78, 5) is 10.1. The molecule has 0 radical (unpaired) electrons. The number of thiazole rings is 2. The van der Waals surface area contributed by atoms with Crippen molar-refractivity contribution < 1.29 is 0 Å². The van der Waals surface area contributed by atoms with E-state index in [1.165, 1.54) is 217 Å². The van der Waals surface area contributed by atoms with Gasteiger partial charge >= 0.3 is 0 Å². The first-order valence-corrected chi connectivity index (χ1v) is 42.9. The summed E-state index contributed by atoms with van der Waals surface area (Å²) in [6, 6.07) is 153. The Morgan fingerprint density at radius 2 is 0.375 bits per heavy atom. The SMILES string of the molecule is Cc1ccc2nc(-c3ccc(-c4c5ccccc5c(-c5ccc(-c6nc7ccc(C)cc7s6)cc5)c5c(-c6ccccc6)c6ccccc6c(-c6ccccc6)c45)cc3)sc2c1.c1ccc2cc(-c3c4ccccc4c(-c4ccc5ccccc5c4)c4c(-c5ccc6ccccc6c5)c5ccccc5c(-c5ccc6ccccc6c5)c34)ccc2c1. The molecule has 120 heavy (non-hydrogen) atoms. The van der Waals surface area contributed by atoms with Crippen molar-refractivity contribution >= 4 is 151 Å². The lowest BCUT2D eigenvalue weighted by Gasteiger charge is -2.25. The summed E-state index contributed by atoms with van der Waals surface area (Å²) in [7, 11) is 0. The highest BCUT2D eigenvalue weighted by molar-refractivity contribution is 7.22. The lowest BCUT2D eigenvalue weighted by Crippen LogP contribution is -1.98. The molecule has 2 aromatic heterocycles. The van der Waals surface area contributed by atoms with Gasteiger partial charge in [0.2, 0.25) is 0 Å². The number of aromatic nitrogens is 2. The van der Waals surface area contributed by atoms with Crippen LogP contribution in [0.3, 0.4) is 0 Å². The molecule has 0 spiro atoms. The van der Waals surface area contributed by atoms with E-state index in [0.717, 1.165) is 32.2 Å². The monoisotopic (exact) mass is 1560 g/mol. The van der Waals surface area contributed by atoms with Crippen molar-refractivity contribution in [1.29, 1.82) is 0 Å². The summed E-state index contributed by atoms with van der Waals surface area (Å²) >= 11 is 3.52. The number of rotatable bonds is 10. The van der Waals surface area contributed by atoms with Gasteiger partial charge in [0.05, 0.1) is 20.4 Å².